The maximum absolute atomic E-state index is 12.5. The number of rotatable bonds is 8. The molecule has 1 heterocycles. The first-order valence-electron chi connectivity index (χ1n) is 11.1. The Balaban J connectivity index is 1.37. The van der Waals surface area contributed by atoms with Crippen LogP contribution in [0.1, 0.15) is 19.4 Å². The van der Waals surface area contributed by atoms with E-state index in [1.807, 2.05) is 73.7 Å². The molecule has 0 fully saturated rings. The number of thioether (sulfide) groups is 1. The van der Waals surface area contributed by atoms with E-state index in [1.54, 1.807) is 0 Å². The van der Waals surface area contributed by atoms with Crippen LogP contribution in [0.4, 0.5) is 17.1 Å². The standard InChI is InChI=1S/C26H28N6OS/c1-18(2)31(22-7-5-4-6-8-22)23-15-13-21(14-16-23)28-24(33)17-34-26-30-29-25(32(26)27)20-11-9-19(3)10-12-20/h4-16,18H,17,27H2,1-3H3,(H,28,33). The molecule has 34 heavy (non-hydrogen) atoms. The number of nitrogens with one attached hydrogen (secondary N) is 1. The Morgan fingerprint density at radius 2 is 1.62 bits per heavy atom. The van der Waals surface area contributed by atoms with Crippen molar-refractivity contribution in [2.24, 2.45) is 0 Å². The summed E-state index contributed by atoms with van der Waals surface area (Å²) in [4.78, 5) is 14.8. The van der Waals surface area contributed by atoms with E-state index in [-0.39, 0.29) is 17.7 Å². The molecule has 4 rings (SSSR count). The number of hydrogen-bond donors (Lipinski definition) is 2. The maximum Gasteiger partial charge on any atom is 0.234 e. The summed E-state index contributed by atoms with van der Waals surface area (Å²) in [7, 11) is 0. The van der Waals surface area contributed by atoms with Gasteiger partial charge in [0.1, 0.15) is 0 Å². The molecule has 0 atom stereocenters. The lowest BCUT2D eigenvalue weighted by atomic mass is 10.1. The topological polar surface area (TPSA) is 89.1 Å². The van der Waals surface area contributed by atoms with Gasteiger partial charge in [0.05, 0.1) is 5.75 Å². The van der Waals surface area contributed by atoms with Gasteiger partial charge in [-0.3, -0.25) is 4.79 Å². The van der Waals surface area contributed by atoms with Crippen LogP contribution < -0.4 is 16.1 Å². The van der Waals surface area contributed by atoms with Gasteiger partial charge in [-0.1, -0.05) is 59.8 Å². The maximum atomic E-state index is 12.5. The van der Waals surface area contributed by atoms with Gasteiger partial charge < -0.3 is 16.1 Å². The van der Waals surface area contributed by atoms with Crippen molar-refractivity contribution in [3.8, 4) is 11.4 Å². The number of benzene rings is 3. The lowest BCUT2D eigenvalue weighted by Gasteiger charge is -2.29. The smallest absolute Gasteiger partial charge is 0.234 e. The second-order valence-corrected chi connectivity index (χ2v) is 9.17. The highest BCUT2D eigenvalue weighted by Crippen LogP contribution is 2.29. The minimum atomic E-state index is -0.138. The molecule has 1 aromatic heterocycles. The lowest BCUT2D eigenvalue weighted by Crippen LogP contribution is -2.25. The summed E-state index contributed by atoms with van der Waals surface area (Å²) >= 11 is 1.25. The number of carbonyl (C=O) groups is 1. The van der Waals surface area contributed by atoms with Crippen LogP contribution in [-0.4, -0.2) is 32.6 Å². The summed E-state index contributed by atoms with van der Waals surface area (Å²) in [6.45, 7) is 6.33. The molecule has 0 aliphatic carbocycles. The summed E-state index contributed by atoms with van der Waals surface area (Å²) < 4.78 is 1.42. The van der Waals surface area contributed by atoms with Crippen LogP contribution >= 0.6 is 11.8 Å². The van der Waals surface area contributed by atoms with Crippen molar-refractivity contribution >= 4 is 34.7 Å². The van der Waals surface area contributed by atoms with E-state index in [4.69, 9.17) is 5.84 Å². The fourth-order valence-electron chi connectivity index (χ4n) is 3.64. The number of carbonyl (C=O) groups excluding carboxylic acids is 1. The van der Waals surface area contributed by atoms with E-state index >= 15 is 0 Å². The number of aryl methyl sites for hydroxylation is 1. The summed E-state index contributed by atoms with van der Waals surface area (Å²) in [6, 6.07) is 26.3. The normalized spacial score (nSPS) is 10.9. The van der Waals surface area contributed by atoms with Crippen molar-refractivity contribution in [2.45, 2.75) is 32.0 Å². The first kappa shape index (κ1) is 23.4. The van der Waals surface area contributed by atoms with Crippen molar-refractivity contribution < 1.29 is 4.79 Å². The Bertz CT molecular complexity index is 1240. The number of nitrogen functional groups attached to an aromatic ring is 1. The zero-order chi connectivity index (χ0) is 24.1. The molecule has 0 unspecified atom stereocenters. The van der Waals surface area contributed by atoms with Crippen LogP contribution in [0.25, 0.3) is 11.4 Å². The number of anilines is 3. The Morgan fingerprint density at radius 1 is 0.971 bits per heavy atom. The number of nitrogens with two attached hydrogens (primary N) is 1. The average molecular weight is 473 g/mol. The molecule has 0 saturated carbocycles. The lowest BCUT2D eigenvalue weighted by molar-refractivity contribution is -0.113. The van der Waals surface area contributed by atoms with Crippen molar-refractivity contribution in [1.82, 2.24) is 14.9 Å². The molecular formula is C26H28N6OS. The summed E-state index contributed by atoms with van der Waals surface area (Å²) in [5.41, 5.74) is 4.96. The number of para-hydroxylation sites is 1. The predicted molar refractivity (Wildman–Crippen MR) is 140 cm³/mol. The van der Waals surface area contributed by atoms with Crippen molar-refractivity contribution in [3.63, 3.8) is 0 Å². The molecule has 0 radical (unpaired) electrons. The van der Waals surface area contributed by atoms with Gasteiger partial charge in [0, 0.05) is 28.7 Å². The van der Waals surface area contributed by atoms with Crippen LogP contribution in [0.15, 0.2) is 84.0 Å². The molecule has 0 bridgehead atoms. The van der Waals surface area contributed by atoms with Gasteiger partial charge in [-0.05, 0) is 57.2 Å². The molecule has 8 heteroatoms. The second-order valence-electron chi connectivity index (χ2n) is 8.23. The van der Waals surface area contributed by atoms with Gasteiger partial charge in [0.25, 0.3) is 0 Å². The van der Waals surface area contributed by atoms with Gasteiger partial charge in [0.15, 0.2) is 5.82 Å². The Hall–Kier alpha value is -3.78. The molecule has 0 aliphatic rings. The van der Waals surface area contributed by atoms with Crippen LogP contribution in [0, 0.1) is 6.92 Å². The van der Waals surface area contributed by atoms with E-state index in [0.29, 0.717) is 11.0 Å². The summed E-state index contributed by atoms with van der Waals surface area (Å²) in [5.74, 6) is 6.76. The van der Waals surface area contributed by atoms with Gasteiger partial charge in [-0.2, -0.15) is 0 Å². The molecule has 1 amide bonds. The number of amides is 1. The molecule has 0 spiro atoms. The van der Waals surface area contributed by atoms with E-state index in [1.165, 1.54) is 16.4 Å². The SMILES string of the molecule is Cc1ccc(-c2nnc(SCC(=O)Nc3ccc(N(c4ccccc4)C(C)C)cc3)n2N)cc1. The number of aromatic nitrogens is 3. The molecule has 174 valence electrons. The van der Waals surface area contributed by atoms with E-state index in [0.717, 1.165) is 28.2 Å². The molecule has 4 aromatic rings. The van der Waals surface area contributed by atoms with Crippen molar-refractivity contribution in [2.75, 3.05) is 21.8 Å². The second kappa shape index (κ2) is 10.4. The minimum absolute atomic E-state index is 0.138. The zero-order valence-electron chi connectivity index (χ0n) is 19.5. The van der Waals surface area contributed by atoms with Crippen LogP contribution in [0.5, 0.6) is 0 Å². The third kappa shape index (κ3) is 5.40. The minimum Gasteiger partial charge on any atom is -0.339 e. The van der Waals surface area contributed by atoms with E-state index in [2.05, 4.69) is 46.4 Å². The Morgan fingerprint density at radius 3 is 2.26 bits per heavy atom. The predicted octanol–water partition coefficient (Wildman–Crippen LogP) is 5.24. The summed E-state index contributed by atoms with van der Waals surface area (Å²) in [6.07, 6.45) is 0. The molecular weight excluding hydrogens is 444 g/mol. The first-order valence-corrected chi connectivity index (χ1v) is 12.1. The third-order valence-electron chi connectivity index (χ3n) is 5.29. The highest BCUT2D eigenvalue weighted by Gasteiger charge is 2.15. The molecule has 0 saturated heterocycles. The highest BCUT2D eigenvalue weighted by molar-refractivity contribution is 7.99. The van der Waals surface area contributed by atoms with Gasteiger partial charge in [0.2, 0.25) is 11.1 Å². The van der Waals surface area contributed by atoms with Crippen LogP contribution in [0.2, 0.25) is 0 Å². The molecule has 3 aromatic carbocycles. The Labute approximate surface area is 204 Å². The number of hydrogen-bond acceptors (Lipinski definition) is 6. The van der Waals surface area contributed by atoms with Crippen molar-refractivity contribution in [1.29, 1.82) is 0 Å². The van der Waals surface area contributed by atoms with Gasteiger partial charge in [-0.15, -0.1) is 10.2 Å². The zero-order valence-corrected chi connectivity index (χ0v) is 20.3. The van der Waals surface area contributed by atoms with E-state index in [9.17, 15) is 4.79 Å². The first-order chi connectivity index (χ1) is 16.4. The molecule has 0 aliphatic heterocycles. The quantitative estimate of drug-likeness (QED) is 0.269. The number of nitrogens with zero attached hydrogens (tertiary/aromatic N) is 4. The summed E-state index contributed by atoms with van der Waals surface area (Å²) in [5, 5.41) is 11.7. The highest BCUT2D eigenvalue weighted by atomic mass is 32.2. The Kier molecular flexibility index (Phi) is 7.18. The monoisotopic (exact) mass is 472 g/mol. The van der Waals surface area contributed by atoms with Crippen molar-refractivity contribution in [3.05, 3.63) is 84.4 Å². The van der Waals surface area contributed by atoms with E-state index < -0.39 is 0 Å². The fraction of sp³-hybridized carbons (Fsp3) is 0.192. The average Bonchev–Trinajstić information content (AvgIpc) is 3.20. The fourth-order valence-corrected chi connectivity index (χ4v) is 4.30. The largest absolute Gasteiger partial charge is 0.339 e. The van der Waals surface area contributed by atoms with Crippen LogP contribution in [0.3, 0.4) is 0 Å². The van der Waals surface area contributed by atoms with Gasteiger partial charge >= 0.3 is 0 Å². The molecule has 7 nitrogen and oxygen atoms in total. The van der Waals surface area contributed by atoms with Gasteiger partial charge in [-0.25, -0.2) is 4.68 Å². The van der Waals surface area contributed by atoms with Crippen LogP contribution in [-0.2, 0) is 4.79 Å². The molecule has 3 N–H and O–H groups in total. The third-order valence-corrected chi connectivity index (χ3v) is 6.23.